The maximum atomic E-state index is 12.7. The van der Waals surface area contributed by atoms with Crippen LogP contribution in [0.5, 0.6) is 0 Å². The lowest BCUT2D eigenvalue weighted by molar-refractivity contribution is 0.0223. The average Bonchev–Trinajstić information content (AvgIpc) is 2.79. The molecule has 0 aliphatic heterocycles. The summed E-state index contributed by atoms with van der Waals surface area (Å²) >= 11 is 11.8. The topological polar surface area (TPSA) is 55.4 Å². The number of benzene rings is 3. The molecule has 0 radical (unpaired) electrons. The molecule has 0 saturated heterocycles. The van der Waals surface area contributed by atoms with Crippen molar-refractivity contribution in [3.8, 4) is 0 Å². The van der Waals surface area contributed by atoms with Gasteiger partial charge in [0.05, 0.1) is 5.56 Å². The lowest BCUT2D eigenvalue weighted by Gasteiger charge is -2.27. The van der Waals surface area contributed by atoms with Crippen LogP contribution in [-0.2, 0) is 4.74 Å². The Morgan fingerprint density at radius 3 is 1.94 bits per heavy atom. The summed E-state index contributed by atoms with van der Waals surface area (Å²) in [6, 6.07) is 23.0. The fourth-order valence-corrected chi connectivity index (χ4v) is 3.56. The van der Waals surface area contributed by atoms with Crippen molar-refractivity contribution >= 4 is 35.1 Å². The normalized spacial score (nSPS) is 12.6. The van der Waals surface area contributed by atoms with Crippen LogP contribution < -0.4 is 5.32 Å². The van der Waals surface area contributed by atoms with E-state index >= 15 is 0 Å². The molecule has 1 amide bonds. The van der Waals surface area contributed by atoms with E-state index in [9.17, 15) is 9.59 Å². The fourth-order valence-electron chi connectivity index (χ4n) is 3.31. The van der Waals surface area contributed by atoms with Crippen LogP contribution in [0.3, 0.4) is 0 Å². The first-order valence-electron chi connectivity index (χ1n) is 10.0. The highest BCUT2D eigenvalue weighted by molar-refractivity contribution is 6.31. The third-order valence-corrected chi connectivity index (χ3v) is 5.51. The highest BCUT2D eigenvalue weighted by Crippen LogP contribution is 2.25. The molecular formula is C25H23Cl2NO3. The molecule has 0 aliphatic rings. The zero-order valence-electron chi connectivity index (χ0n) is 17.1. The van der Waals surface area contributed by atoms with Crippen LogP contribution in [0.2, 0.25) is 10.0 Å². The number of rotatable bonds is 8. The Morgan fingerprint density at radius 1 is 0.839 bits per heavy atom. The van der Waals surface area contributed by atoms with Gasteiger partial charge in [0.2, 0.25) is 0 Å². The van der Waals surface area contributed by atoms with E-state index in [-0.39, 0.29) is 11.8 Å². The lowest BCUT2D eigenvalue weighted by Crippen LogP contribution is -2.35. The van der Waals surface area contributed by atoms with Gasteiger partial charge in [-0.25, -0.2) is 4.79 Å². The molecule has 31 heavy (non-hydrogen) atoms. The van der Waals surface area contributed by atoms with Crippen molar-refractivity contribution in [3.63, 3.8) is 0 Å². The number of carbonyl (C=O) groups excluding carboxylic acids is 2. The summed E-state index contributed by atoms with van der Waals surface area (Å²) in [4.78, 5) is 25.3. The van der Waals surface area contributed by atoms with Crippen LogP contribution in [0, 0.1) is 0 Å². The van der Waals surface area contributed by atoms with E-state index in [1.165, 1.54) is 0 Å². The van der Waals surface area contributed by atoms with E-state index in [4.69, 9.17) is 27.9 Å². The highest BCUT2D eigenvalue weighted by Gasteiger charge is 2.26. The van der Waals surface area contributed by atoms with E-state index in [1.54, 1.807) is 48.5 Å². The molecule has 3 rings (SSSR count). The summed E-state index contributed by atoms with van der Waals surface area (Å²) in [6.45, 7) is 2.27. The summed E-state index contributed by atoms with van der Waals surface area (Å²) in [6.07, 6.45) is 0.173. The maximum Gasteiger partial charge on any atom is 0.338 e. The molecule has 0 bridgehead atoms. The minimum Gasteiger partial charge on any atom is -0.458 e. The fraction of sp³-hybridized carbons (Fsp3) is 0.200. The van der Waals surface area contributed by atoms with Crippen LogP contribution in [0.25, 0.3) is 0 Å². The van der Waals surface area contributed by atoms with Gasteiger partial charge in [0.25, 0.3) is 5.91 Å². The van der Waals surface area contributed by atoms with Crippen molar-refractivity contribution in [1.82, 2.24) is 5.32 Å². The summed E-state index contributed by atoms with van der Waals surface area (Å²) in [5.41, 5.74) is 1.93. The van der Waals surface area contributed by atoms with E-state index in [1.807, 2.05) is 37.3 Å². The van der Waals surface area contributed by atoms with E-state index in [2.05, 4.69) is 5.32 Å². The second-order valence-electron chi connectivity index (χ2n) is 7.09. The lowest BCUT2D eigenvalue weighted by atomic mass is 9.91. The van der Waals surface area contributed by atoms with Crippen LogP contribution >= 0.6 is 23.2 Å². The number of amides is 1. The highest BCUT2D eigenvalue weighted by atomic mass is 35.5. The van der Waals surface area contributed by atoms with Crippen molar-refractivity contribution in [2.75, 3.05) is 6.54 Å². The van der Waals surface area contributed by atoms with E-state index < -0.39 is 12.1 Å². The van der Waals surface area contributed by atoms with E-state index in [0.717, 1.165) is 5.56 Å². The molecule has 3 aromatic carbocycles. The second-order valence-corrected chi connectivity index (χ2v) is 7.97. The average molecular weight is 456 g/mol. The molecule has 4 nitrogen and oxygen atoms in total. The maximum absolute atomic E-state index is 12.7. The monoisotopic (exact) mass is 455 g/mol. The molecule has 2 unspecified atom stereocenters. The summed E-state index contributed by atoms with van der Waals surface area (Å²) < 4.78 is 5.85. The number of ether oxygens (including phenoxy) is 1. The van der Waals surface area contributed by atoms with Gasteiger partial charge < -0.3 is 10.1 Å². The predicted octanol–water partition coefficient (Wildman–Crippen LogP) is 6.14. The number of nitrogens with one attached hydrogen (secondary N) is 1. The minimum atomic E-state index is -0.423. The van der Waals surface area contributed by atoms with Gasteiger partial charge in [-0.2, -0.15) is 0 Å². The van der Waals surface area contributed by atoms with Crippen molar-refractivity contribution in [2.24, 2.45) is 0 Å². The summed E-state index contributed by atoms with van der Waals surface area (Å²) in [5, 5.41) is 4.08. The van der Waals surface area contributed by atoms with E-state index in [0.29, 0.717) is 34.1 Å². The third kappa shape index (κ3) is 6.33. The number of hydrogen-bond acceptors (Lipinski definition) is 3. The van der Waals surface area contributed by atoms with Crippen LogP contribution in [-0.4, -0.2) is 24.5 Å². The zero-order valence-corrected chi connectivity index (χ0v) is 18.6. The molecule has 0 saturated carbocycles. The van der Waals surface area contributed by atoms with Crippen LogP contribution in [0.15, 0.2) is 78.9 Å². The van der Waals surface area contributed by atoms with Gasteiger partial charge in [-0.1, -0.05) is 60.5 Å². The van der Waals surface area contributed by atoms with Gasteiger partial charge in [-0.15, -0.1) is 0 Å². The molecule has 1 N–H and O–H groups in total. The van der Waals surface area contributed by atoms with Crippen molar-refractivity contribution in [3.05, 3.63) is 106 Å². The van der Waals surface area contributed by atoms with Gasteiger partial charge >= 0.3 is 5.97 Å². The Balaban J connectivity index is 1.76. The van der Waals surface area contributed by atoms with Crippen molar-refractivity contribution in [1.29, 1.82) is 0 Å². The van der Waals surface area contributed by atoms with Gasteiger partial charge in [-0.3, -0.25) is 4.79 Å². The zero-order chi connectivity index (χ0) is 22.2. The number of halogens is 2. The first-order valence-corrected chi connectivity index (χ1v) is 10.8. The Labute approximate surface area is 192 Å². The molecule has 0 spiro atoms. The Hall–Kier alpha value is -2.82. The first kappa shape index (κ1) is 22.9. The molecule has 2 atom stereocenters. The Morgan fingerprint density at radius 2 is 1.39 bits per heavy atom. The molecule has 0 aromatic heterocycles. The molecule has 0 heterocycles. The Kier molecular flexibility index (Phi) is 8.10. The largest absolute Gasteiger partial charge is 0.458 e. The second kappa shape index (κ2) is 11.0. The van der Waals surface area contributed by atoms with Crippen LogP contribution in [0.1, 0.15) is 45.5 Å². The third-order valence-electron chi connectivity index (χ3n) is 5.01. The molecular weight excluding hydrogens is 433 g/mol. The smallest absolute Gasteiger partial charge is 0.338 e. The molecule has 6 heteroatoms. The standard InChI is InChI=1S/C25H23Cl2NO3/c1-2-23(31-25(30)19-10-14-21(27)15-11-19)22(17-6-4-3-5-7-17)16-28-24(29)18-8-12-20(26)13-9-18/h3-15,22-23H,2,16H2,1H3,(H,28,29). The summed E-state index contributed by atoms with van der Waals surface area (Å²) in [5.74, 6) is -0.844. The van der Waals surface area contributed by atoms with Crippen molar-refractivity contribution in [2.45, 2.75) is 25.4 Å². The van der Waals surface area contributed by atoms with Gasteiger partial charge in [0, 0.05) is 28.1 Å². The molecule has 0 fully saturated rings. The molecule has 3 aromatic rings. The minimum absolute atomic E-state index is 0.210. The quantitative estimate of drug-likeness (QED) is 0.414. The van der Waals surface area contributed by atoms with Gasteiger partial charge in [0.1, 0.15) is 6.10 Å². The van der Waals surface area contributed by atoms with Gasteiger partial charge in [-0.05, 0) is 60.5 Å². The van der Waals surface area contributed by atoms with Crippen molar-refractivity contribution < 1.29 is 14.3 Å². The number of hydrogen-bond donors (Lipinski definition) is 1. The number of carbonyl (C=O) groups is 2. The van der Waals surface area contributed by atoms with Crippen LogP contribution in [0.4, 0.5) is 0 Å². The van der Waals surface area contributed by atoms with Gasteiger partial charge in [0.15, 0.2) is 0 Å². The Bertz CT molecular complexity index is 1010. The SMILES string of the molecule is CCC(OC(=O)c1ccc(Cl)cc1)C(CNC(=O)c1ccc(Cl)cc1)c1ccccc1. The first-order chi connectivity index (χ1) is 15.0. The summed E-state index contributed by atoms with van der Waals surface area (Å²) in [7, 11) is 0. The number of esters is 1. The predicted molar refractivity (Wildman–Crippen MR) is 124 cm³/mol. The molecule has 160 valence electrons. The molecule has 0 aliphatic carbocycles.